The SMILES string of the molecule is COc1ccc(/C=C/C(=O)OC2c3ccccc3-c3ccccc32)cc1. The second kappa shape index (κ2) is 6.89. The summed E-state index contributed by atoms with van der Waals surface area (Å²) in [4.78, 5) is 12.4. The van der Waals surface area contributed by atoms with Crippen molar-refractivity contribution in [1.29, 1.82) is 0 Å². The Kier molecular flexibility index (Phi) is 4.28. The van der Waals surface area contributed by atoms with Crippen LogP contribution in [0.25, 0.3) is 17.2 Å². The number of carbonyl (C=O) groups excluding carboxylic acids is 1. The van der Waals surface area contributed by atoms with E-state index in [0.717, 1.165) is 33.6 Å². The summed E-state index contributed by atoms with van der Waals surface area (Å²) in [6.45, 7) is 0. The van der Waals surface area contributed by atoms with Crippen molar-refractivity contribution in [1.82, 2.24) is 0 Å². The van der Waals surface area contributed by atoms with Crippen molar-refractivity contribution < 1.29 is 14.3 Å². The summed E-state index contributed by atoms with van der Waals surface area (Å²) < 4.78 is 10.9. The highest BCUT2D eigenvalue weighted by Crippen LogP contribution is 2.45. The Morgan fingerprint density at radius 2 is 1.42 bits per heavy atom. The molecule has 26 heavy (non-hydrogen) atoms. The quantitative estimate of drug-likeness (QED) is 0.493. The van der Waals surface area contributed by atoms with Crippen molar-refractivity contribution in [3.05, 3.63) is 95.6 Å². The lowest BCUT2D eigenvalue weighted by atomic mass is 10.1. The third kappa shape index (κ3) is 3.00. The third-order valence-electron chi connectivity index (χ3n) is 4.54. The Balaban J connectivity index is 1.55. The molecule has 0 fully saturated rings. The lowest BCUT2D eigenvalue weighted by molar-refractivity contribution is -0.141. The Morgan fingerprint density at radius 1 is 0.846 bits per heavy atom. The van der Waals surface area contributed by atoms with Crippen molar-refractivity contribution in [2.75, 3.05) is 7.11 Å². The fourth-order valence-corrected chi connectivity index (χ4v) is 3.27. The molecular weight excluding hydrogens is 324 g/mol. The summed E-state index contributed by atoms with van der Waals surface area (Å²) in [6.07, 6.45) is 2.84. The summed E-state index contributed by atoms with van der Waals surface area (Å²) in [7, 11) is 1.62. The third-order valence-corrected chi connectivity index (χ3v) is 4.54. The van der Waals surface area contributed by atoms with Crippen LogP contribution >= 0.6 is 0 Å². The first-order valence-corrected chi connectivity index (χ1v) is 8.47. The van der Waals surface area contributed by atoms with E-state index < -0.39 is 0 Å². The zero-order valence-electron chi connectivity index (χ0n) is 14.4. The van der Waals surface area contributed by atoms with Crippen LogP contribution < -0.4 is 4.74 Å². The van der Waals surface area contributed by atoms with Crippen molar-refractivity contribution in [3.8, 4) is 16.9 Å². The van der Waals surface area contributed by atoms with E-state index in [4.69, 9.17) is 9.47 Å². The summed E-state index contributed by atoms with van der Waals surface area (Å²) >= 11 is 0. The number of ether oxygens (including phenoxy) is 2. The molecule has 0 N–H and O–H groups in total. The minimum atomic E-state index is -0.365. The number of fused-ring (bicyclic) bond motifs is 3. The first-order valence-electron chi connectivity index (χ1n) is 8.47. The largest absolute Gasteiger partial charge is 0.497 e. The molecule has 3 aromatic carbocycles. The van der Waals surface area contributed by atoms with E-state index in [1.54, 1.807) is 13.2 Å². The van der Waals surface area contributed by atoms with E-state index in [1.165, 1.54) is 6.08 Å². The molecule has 0 aliphatic heterocycles. The molecule has 0 amide bonds. The fourth-order valence-electron chi connectivity index (χ4n) is 3.27. The molecule has 0 bridgehead atoms. The number of carbonyl (C=O) groups is 1. The smallest absolute Gasteiger partial charge is 0.331 e. The number of benzene rings is 3. The van der Waals surface area contributed by atoms with Crippen molar-refractivity contribution in [3.63, 3.8) is 0 Å². The van der Waals surface area contributed by atoms with Crippen LogP contribution in [0.2, 0.25) is 0 Å². The summed E-state index contributed by atoms with van der Waals surface area (Å²) in [5.41, 5.74) is 5.22. The maximum atomic E-state index is 12.4. The molecule has 0 saturated heterocycles. The van der Waals surface area contributed by atoms with E-state index in [0.29, 0.717) is 0 Å². The molecular formula is C23H18O3. The predicted molar refractivity (Wildman–Crippen MR) is 102 cm³/mol. The molecule has 1 aliphatic rings. The van der Waals surface area contributed by atoms with E-state index in [2.05, 4.69) is 12.1 Å². The number of rotatable bonds is 4. The van der Waals surface area contributed by atoms with Crippen LogP contribution in [0, 0.1) is 0 Å². The molecule has 0 aromatic heterocycles. The highest BCUT2D eigenvalue weighted by atomic mass is 16.5. The molecule has 3 heteroatoms. The molecule has 128 valence electrons. The second-order valence-electron chi connectivity index (χ2n) is 6.10. The molecule has 4 rings (SSSR count). The average molecular weight is 342 g/mol. The van der Waals surface area contributed by atoms with Gasteiger partial charge in [0.2, 0.25) is 0 Å². The monoisotopic (exact) mass is 342 g/mol. The van der Waals surface area contributed by atoms with Gasteiger partial charge in [0.1, 0.15) is 5.75 Å². The summed E-state index contributed by atoms with van der Waals surface area (Å²) in [5, 5.41) is 0. The molecule has 0 spiro atoms. The van der Waals surface area contributed by atoms with Crippen molar-refractivity contribution in [2.45, 2.75) is 6.10 Å². The molecule has 1 aliphatic carbocycles. The van der Waals surface area contributed by atoms with Crippen LogP contribution in [0.3, 0.4) is 0 Å². The molecule has 3 nitrogen and oxygen atoms in total. The van der Waals surface area contributed by atoms with Gasteiger partial charge in [-0.15, -0.1) is 0 Å². The van der Waals surface area contributed by atoms with E-state index >= 15 is 0 Å². The van der Waals surface area contributed by atoms with Gasteiger partial charge in [-0.2, -0.15) is 0 Å². The van der Waals surface area contributed by atoms with E-state index in [-0.39, 0.29) is 12.1 Å². The van der Waals surface area contributed by atoms with Gasteiger partial charge in [0.05, 0.1) is 7.11 Å². The van der Waals surface area contributed by atoms with Crippen LogP contribution in [0.4, 0.5) is 0 Å². The molecule has 0 radical (unpaired) electrons. The fraction of sp³-hybridized carbons (Fsp3) is 0.0870. The van der Waals surface area contributed by atoms with Gasteiger partial charge in [-0.05, 0) is 34.9 Å². The molecule has 0 atom stereocenters. The van der Waals surface area contributed by atoms with Gasteiger partial charge >= 0.3 is 5.97 Å². The molecule has 0 heterocycles. The zero-order valence-corrected chi connectivity index (χ0v) is 14.4. The van der Waals surface area contributed by atoms with Crippen LogP contribution in [-0.4, -0.2) is 13.1 Å². The summed E-state index contributed by atoms with van der Waals surface area (Å²) in [6, 6.07) is 23.6. The van der Waals surface area contributed by atoms with Crippen molar-refractivity contribution in [2.24, 2.45) is 0 Å². The number of hydrogen-bond acceptors (Lipinski definition) is 3. The van der Waals surface area contributed by atoms with Crippen LogP contribution in [-0.2, 0) is 9.53 Å². The maximum Gasteiger partial charge on any atom is 0.331 e. The predicted octanol–water partition coefficient (Wildman–Crippen LogP) is 5.02. The molecule has 0 unspecified atom stereocenters. The minimum Gasteiger partial charge on any atom is -0.497 e. The minimum absolute atomic E-state index is 0.364. The Hall–Kier alpha value is -3.33. The lowest BCUT2D eigenvalue weighted by Gasteiger charge is -2.13. The number of hydrogen-bond donors (Lipinski definition) is 0. The Labute approximate surface area is 152 Å². The molecule has 3 aromatic rings. The van der Waals surface area contributed by atoms with Crippen LogP contribution in [0.15, 0.2) is 78.9 Å². The highest BCUT2D eigenvalue weighted by Gasteiger charge is 2.30. The van der Waals surface area contributed by atoms with E-state index in [9.17, 15) is 4.79 Å². The highest BCUT2D eigenvalue weighted by molar-refractivity contribution is 5.88. The van der Waals surface area contributed by atoms with Gasteiger partial charge in [0, 0.05) is 17.2 Å². The number of esters is 1. The van der Waals surface area contributed by atoms with Gasteiger partial charge in [-0.1, -0.05) is 60.7 Å². The van der Waals surface area contributed by atoms with Gasteiger partial charge in [0.15, 0.2) is 6.10 Å². The Bertz CT molecular complexity index is 925. The maximum absolute atomic E-state index is 12.4. The molecule has 0 saturated carbocycles. The normalized spacial score (nSPS) is 12.7. The first-order chi connectivity index (χ1) is 12.8. The zero-order chi connectivity index (χ0) is 17.9. The summed E-state index contributed by atoms with van der Waals surface area (Å²) in [5.74, 6) is 0.418. The van der Waals surface area contributed by atoms with Gasteiger partial charge in [-0.3, -0.25) is 0 Å². The topological polar surface area (TPSA) is 35.5 Å². The van der Waals surface area contributed by atoms with Crippen molar-refractivity contribution >= 4 is 12.0 Å². The lowest BCUT2D eigenvalue weighted by Crippen LogP contribution is -2.08. The van der Waals surface area contributed by atoms with E-state index in [1.807, 2.05) is 60.7 Å². The standard InChI is InChI=1S/C23H18O3/c1-25-17-13-10-16(11-14-17)12-15-22(24)26-23-20-8-4-2-6-18(20)19-7-3-5-9-21(19)23/h2-15,23H,1H3/b15-12+. The Morgan fingerprint density at radius 3 is 2.00 bits per heavy atom. The van der Waals surface area contributed by atoms with Crippen LogP contribution in [0.1, 0.15) is 22.8 Å². The van der Waals surface area contributed by atoms with Gasteiger partial charge < -0.3 is 9.47 Å². The first kappa shape index (κ1) is 16.2. The van der Waals surface area contributed by atoms with Crippen LogP contribution in [0.5, 0.6) is 5.75 Å². The number of methoxy groups -OCH3 is 1. The van der Waals surface area contributed by atoms with Gasteiger partial charge in [-0.25, -0.2) is 4.79 Å². The average Bonchev–Trinajstić information content (AvgIpc) is 3.01. The second-order valence-corrected chi connectivity index (χ2v) is 6.10. The van der Waals surface area contributed by atoms with Gasteiger partial charge in [0.25, 0.3) is 0 Å².